The highest BCUT2D eigenvalue weighted by Crippen LogP contribution is 2.45. The van der Waals surface area contributed by atoms with E-state index in [2.05, 4.69) is 44.0 Å². The first-order valence-corrected chi connectivity index (χ1v) is 10.1. The van der Waals surface area contributed by atoms with E-state index >= 15 is 0 Å². The number of aromatic hydroxyl groups is 1. The SMILES string of the molecule is Cc1cccc(C(C)(C)Pc2c(C)cccc2C=Nc2ccccc2)c1O. The average Bonchev–Trinajstić information content (AvgIpc) is 2.65. The molecule has 0 saturated heterocycles. The second-order valence-electron chi connectivity index (χ2n) is 7.35. The Morgan fingerprint density at radius 3 is 2.26 bits per heavy atom. The smallest absolute Gasteiger partial charge is 0.122 e. The maximum Gasteiger partial charge on any atom is 0.122 e. The number of aliphatic imine (C=N–C) groups is 1. The minimum atomic E-state index is -0.169. The van der Waals surface area contributed by atoms with Crippen molar-refractivity contribution >= 4 is 25.8 Å². The van der Waals surface area contributed by atoms with Crippen molar-refractivity contribution < 1.29 is 5.11 Å². The lowest BCUT2D eigenvalue weighted by Gasteiger charge is -2.28. The largest absolute Gasteiger partial charge is 0.507 e. The molecule has 0 aliphatic rings. The lowest BCUT2D eigenvalue weighted by Crippen LogP contribution is -2.19. The van der Waals surface area contributed by atoms with Crippen LogP contribution in [0.25, 0.3) is 0 Å². The first-order valence-electron chi connectivity index (χ1n) is 9.14. The quantitative estimate of drug-likeness (QED) is 0.431. The first kappa shape index (κ1) is 19.3. The Morgan fingerprint density at radius 2 is 1.52 bits per heavy atom. The van der Waals surface area contributed by atoms with Crippen molar-refractivity contribution in [3.63, 3.8) is 0 Å². The molecule has 3 aromatic rings. The van der Waals surface area contributed by atoms with Gasteiger partial charge in [0.2, 0.25) is 0 Å². The van der Waals surface area contributed by atoms with Gasteiger partial charge < -0.3 is 5.11 Å². The molecule has 0 heterocycles. The molecule has 3 rings (SSSR count). The van der Waals surface area contributed by atoms with Crippen molar-refractivity contribution in [1.29, 1.82) is 0 Å². The summed E-state index contributed by atoms with van der Waals surface area (Å²) in [5.41, 5.74) is 5.25. The van der Waals surface area contributed by atoms with Crippen molar-refractivity contribution in [2.45, 2.75) is 32.9 Å². The Labute approximate surface area is 163 Å². The van der Waals surface area contributed by atoms with Crippen LogP contribution in [-0.2, 0) is 5.16 Å². The summed E-state index contributed by atoms with van der Waals surface area (Å²) in [4.78, 5) is 4.64. The molecule has 0 fully saturated rings. The number of para-hydroxylation sites is 2. The summed E-state index contributed by atoms with van der Waals surface area (Å²) in [5.74, 6) is 0.406. The highest BCUT2D eigenvalue weighted by Gasteiger charge is 2.26. The number of benzene rings is 3. The fourth-order valence-electron chi connectivity index (χ4n) is 3.17. The van der Waals surface area contributed by atoms with Crippen LogP contribution in [-0.4, -0.2) is 11.3 Å². The maximum atomic E-state index is 10.6. The summed E-state index contributed by atoms with van der Waals surface area (Å²) < 4.78 is 0. The van der Waals surface area contributed by atoms with Crippen molar-refractivity contribution in [3.8, 4) is 5.75 Å². The zero-order valence-electron chi connectivity index (χ0n) is 16.3. The van der Waals surface area contributed by atoms with Crippen LogP contribution in [0.5, 0.6) is 5.75 Å². The van der Waals surface area contributed by atoms with Gasteiger partial charge in [-0.05, 0) is 42.4 Å². The summed E-state index contributed by atoms with van der Waals surface area (Å²) >= 11 is 0. The molecule has 0 aliphatic heterocycles. The van der Waals surface area contributed by atoms with Crippen LogP contribution in [0.3, 0.4) is 0 Å². The van der Waals surface area contributed by atoms with Crippen LogP contribution in [0.1, 0.15) is 36.1 Å². The third-order valence-corrected chi connectivity index (χ3v) is 6.59. The van der Waals surface area contributed by atoms with Crippen molar-refractivity contribution in [2.24, 2.45) is 4.99 Å². The van der Waals surface area contributed by atoms with Crippen LogP contribution < -0.4 is 5.30 Å². The van der Waals surface area contributed by atoms with Gasteiger partial charge in [0.05, 0.1) is 5.69 Å². The molecule has 3 aromatic carbocycles. The number of hydrogen-bond acceptors (Lipinski definition) is 2. The average molecular weight is 375 g/mol. The number of hydrogen-bond donors (Lipinski definition) is 1. The van der Waals surface area contributed by atoms with Gasteiger partial charge in [0.15, 0.2) is 0 Å². The summed E-state index contributed by atoms with van der Waals surface area (Å²) in [6.07, 6.45) is 1.96. The van der Waals surface area contributed by atoms with Crippen molar-refractivity contribution in [3.05, 3.63) is 89.0 Å². The molecule has 0 spiro atoms. The molecule has 0 saturated carbocycles. The lowest BCUT2D eigenvalue weighted by atomic mass is 9.99. The fraction of sp³-hybridized carbons (Fsp3) is 0.208. The molecule has 1 atom stereocenters. The highest BCUT2D eigenvalue weighted by molar-refractivity contribution is 7.48. The van der Waals surface area contributed by atoms with E-state index in [0.717, 1.165) is 22.4 Å². The highest BCUT2D eigenvalue weighted by atomic mass is 31.1. The van der Waals surface area contributed by atoms with Crippen LogP contribution in [0, 0.1) is 13.8 Å². The van der Waals surface area contributed by atoms with Crippen LogP contribution in [0.4, 0.5) is 5.69 Å². The van der Waals surface area contributed by atoms with Crippen LogP contribution >= 0.6 is 8.58 Å². The van der Waals surface area contributed by atoms with E-state index in [-0.39, 0.29) is 5.16 Å². The molecule has 2 nitrogen and oxygen atoms in total. The molecular weight excluding hydrogens is 349 g/mol. The second kappa shape index (κ2) is 8.06. The van der Waals surface area contributed by atoms with Gasteiger partial charge in [0.1, 0.15) is 5.75 Å². The third kappa shape index (κ3) is 4.46. The monoisotopic (exact) mass is 375 g/mol. The zero-order chi connectivity index (χ0) is 19.4. The Morgan fingerprint density at radius 1 is 0.852 bits per heavy atom. The van der Waals surface area contributed by atoms with Gasteiger partial charge >= 0.3 is 0 Å². The molecule has 1 unspecified atom stereocenters. The third-order valence-electron chi connectivity index (χ3n) is 4.76. The van der Waals surface area contributed by atoms with E-state index in [4.69, 9.17) is 0 Å². The Bertz CT molecular complexity index is 961. The predicted molar refractivity (Wildman–Crippen MR) is 119 cm³/mol. The summed E-state index contributed by atoms with van der Waals surface area (Å²) in [5, 5.41) is 11.7. The minimum absolute atomic E-state index is 0.169. The molecule has 1 N–H and O–H groups in total. The Kier molecular flexibility index (Phi) is 5.77. The zero-order valence-corrected chi connectivity index (χ0v) is 17.3. The van der Waals surface area contributed by atoms with E-state index in [0.29, 0.717) is 14.3 Å². The van der Waals surface area contributed by atoms with E-state index in [1.54, 1.807) is 0 Å². The van der Waals surface area contributed by atoms with E-state index < -0.39 is 0 Å². The van der Waals surface area contributed by atoms with Gasteiger partial charge in [-0.25, -0.2) is 0 Å². The summed E-state index contributed by atoms with van der Waals surface area (Å²) in [6, 6.07) is 22.3. The van der Waals surface area contributed by atoms with Gasteiger partial charge in [-0.3, -0.25) is 4.99 Å². The molecule has 0 aliphatic carbocycles. The number of aryl methyl sites for hydroxylation is 2. The Balaban J connectivity index is 1.97. The minimum Gasteiger partial charge on any atom is -0.507 e. The molecule has 3 heteroatoms. The predicted octanol–water partition coefficient (Wildman–Crippen LogP) is 6.00. The van der Waals surface area contributed by atoms with E-state index in [9.17, 15) is 5.11 Å². The van der Waals surface area contributed by atoms with Gasteiger partial charge in [-0.15, -0.1) is 0 Å². The lowest BCUT2D eigenvalue weighted by molar-refractivity contribution is 0.457. The number of rotatable bonds is 5. The first-order chi connectivity index (χ1) is 12.9. The molecular formula is C24H26NOP. The van der Waals surface area contributed by atoms with Gasteiger partial charge in [0.25, 0.3) is 0 Å². The fourth-order valence-corrected chi connectivity index (χ4v) is 4.70. The second-order valence-corrected chi connectivity index (χ2v) is 9.35. The standard InChI is InChI=1S/C24H26NOP/c1-17-10-9-15-21(22(17)26)24(3,4)27-23-18(2)11-8-12-19(23)16-25-20-13-6-5-7-14-20/h5-16,26-27H,1-4H3. The number of phenolic OH excluding ortho intramolecular Hbond substituents is 1. The van der Waals surface area contributed by atoms with Gasteiger partial charge in [0, 0.05) is 22.5 Å². The molecule has 0 radical (unpaired) electrons. The topological polar surface area (TPSA) is 32.6 Å². The summed E-state index contributed by atoms with van der Waals surface area (Å²) in [6.45, 7) is 8.49. The maximum absolute atomic E-state index is 10.6. The van der Waals surface area contributed by atoms with E-state index in [1.807, 2.05) is 61.7 Å². The normalized spacial score (nSPS) is 12.3. The molecule has 0 aromatic heterocycles. The molecule has 0 amide bonds. The van der Waals surface area contributed by atoms with E-state index in [1.165, 1.54) is 10.9 Å². The summed E-state index contributed by atoms with van der Waals surface area (Å²) in [7, 11) is 0.515. The Hall–Kier alpha value is -2.44. The van der Waals surface area contributed by atoms with Crippen molar-refractivity contribution in [2.75, 3.05) is 0 Å². The van der Waals surface area contributed by atoms with Gasteiger partial charge in [-0.1, -0.05) is 77.0 Å². The van der Waals surface area contributed by atoms with Crippen LogP contribution in [0.15, 0.2) is 71.7 Å². The number of phenols is 1. The van der Waals surface area contributed by atoms with Crippen molar-refractivity contribution in [1.82, 2.24) is 0 Å². The number of nitrogens with zero attached hydrogens (tertiary/aromatic N) is 1. The van der Waals surface area contributed by atoms with Gasteiger partial charge in [-0.2, -0.15) is 0 Å². The molecule has 27 heavy (non-hydrogen) atoms. The molecule has 138 valence electrons. The molecule has 0 bridgehead atoms. The van der Waals surface area contributed by atoms with Crippen LogP contribution in [0.2, 0.25) is 0 Å².